The van der Waals surface area contributed by atoms with Crippen LogP contribution in [-0.2, 0) is 9.53 Å². The number of hydrogen-bond acceptors (Lipinski definition) is 4. The Morgan fingerprint density at radius 3 is 2.71 bits per heavy atom. The summed E-state index contributed by atoms with van der Waals surface area (Å²) in [6, 6.07) is 6.96. The maximum absolute atomic E-state index is 12.2. The second-order valence-electron chi connectivity index (χ2n) is 4.72. The standard InChI is InChI=1S/C15H23N3O3/c1-3-11(2)17-15(20)12-6-4-5-7-13(12)18-14(19)10-21-9-8-16/h4-7,11H,3,8-10,16H2,1-2H3,(H,17,20)(H,18,19). The van der Waals surface area contributed by atoms with E-state index in [0.29, 0.717) is 24.4 Å². The van der Waals surface area contributed by atoms with E-state index >= 15 is 0 Å². The number of anilines is 1. The van der Waals surface area contributed by atoms with Crippen molar-refractivity contribution in [2.45, 2.75) is 26.3 Å². The number of nitrogens with one attached hydrogen (secondary N) is 2. The summed E-state index contributed by atoms with van der Waals surface area (Å²) in [4.78, 5) is 23.9. The summed E-state index contributed by atoms with van der Waals surface area (Å²) in [5.41, 5.74) is 6.19. The summed E-state index contributed by atoms with van der Waals surface area (Å²) in [6.07, 6.45) is 0.840. The highest BCUT2D eigenvalue weighted by atomic mass is 16.5. The monoisotopic (exact) mass is 293 g/mol. The molecule has 1 aromatic rings. The quantitative estimate of drug-likeness (QED) is 0.626. The molecule has 0 radical (unpaired) electrons. The van der Waals surface area contributed by atoms with E-state index in [-0.39, 0.29) is 24.5 Å². The minimum atomic E-state index is -0.313. The minimum Gasteiger partial charge on any atom is -0.370 e. The largest absolute Gasteiger partial charge is 0.370 e. The number of para-hydroxylation sites is 1. The first kappa shape index (κ1) is 17.1. The first-order valence-electron chi connectivity index (χ1n) is 7.06. The summed E-state index contributed by atoms with van der Waals surface area (Å²) in [7, 11) is 0. The Morgan fingerprint density at radius 2 is 2.05 bits per heavy atom. The zero-order valence-electron chi connectivity index (χ0n) is 12.5. The van der Waals surface area contributed by atoms with Crippen molar-refractivity contribution in [2.75, 3.05) is 25.1 Å². The van der Waals surface area contributed by atoms with Crippen molar-refractivity contribution in [2.24, 2.45) is 5.73 Å². The number of benzene rings is 1. The van der Waals surface area contributed by atoms with Crippen LogP contribution in [0.4, 0.5) is 5.69 Å². The molecule has 0 saturated carbocycles. The van der Waals surface area contributed by atoms with E-state index < -0.39 is 0 Å². The first-order valence-corrected chi connectivity index (χ1v) is 7.06. The molecule has 0 aliphatic rings. The van der Waals surface area contributed by atoms with Crippen molar-refractivity contribution in [3.05, 3.63) is 29.8 Å². The molecule has 1 unspecified atom stereocenters. The predicted octanol–water partition coefficient (Wildman–Crippen LogP) is 1.13. The van der Waals surface area contributed by atoms with Gasteiger partial charge < -0.3 is 21.1 Å². The highest BCUT2D eigenvalue weighted by molar-refractivity contribution is 6.04. The lowest BCUT2D eigenvalue weighted by atomic mass is 10.1. The Balaban J connectivity index is 2.70. The molecule has 0 bridgehead atoms. The average molecular weight is 293 g/mol. The number of amides is 2. The number of carbonyl (C=O) groups excluding carboxylic acids is 2. The molecule has 4 N–H and O–H groups in total. The third-order valence-corrected chi connectivity index (χ3v) is 2.93. The van der Waals surface area contributed by atoms with Gasteiger partial charge in [-0.2, -0.15) is 0 Å². The Morgan fingerprint density at radius 1 is 1.33 bits per heavy atom. The van der Waals surface area contributed by atoms with Gasteiger partial charge in [-0.15, -0.1) is 0 Å². The molecule has 2 amide bonds. The van der Waals surface area contributed by atoms with E-state index in [0.717, 1.165) is 6.42 Å². The van der Waals surface area contributed by atoms with Crippen LogP contribution in [0.3, 0.4) is 0 Å². The van der Waals surface area contributed by atoms with E-state index in [1.165, 1.54) is 0 Å². The van der Waals surface area contributed by atoms with Crippen molar-refractivity contribution in [1.82, 2.24) is 5.32 Å². The van der Waals surface area contributed by atoms with Gasteiger partial charge in [0.25, 0.3) is 5.91 Å². The van der Waals surface area contributed by atoms with E-state index in [1.54, 1.807) is 24.3 Å². The van der Waals surface area contributed by atoms with Crippen LogP contribution < -0.4 is 16.4 Å². The average Bonchev–Trinajstić information content (AvgIpc) is 2.47. The first-order chi connectivity index (χ1) is 10.1. The summed E-state index contributed by atoms with van der Waals surface area (Å²) >= 11 is 0. The lowest BCUT2D eigenvalue weighted by molar-refractivity contribution is -0.120. The van der Waals surface area contributed by atoms with Gasteiger partial charge in [0.1, 0.15) is 6.61 Å². The molecule has 0 aliphatic carbocycles. The fourth-order valence-corrected chi connectivity index (χ4v) is 1.63. The number of rotatable bonds is 8. The molecular weight excluding hydrogens is 270 g/mol. The lowest BCUT2D eigenvalue weighted by Gasteiger charge is -2.14. The van der Waals surface area contributed by atoms with Crippen molar-refractivity contribution in [3.8, 4) is 0 Å². The smallest absolute Gasteiger partial charge is 0.253 e. The number of nitrogens with two attached hydrogens (primary N) is 1. The van der Waals surface area contributed by atoms with Gasteiger partial charge in [0.15, 0.2) is 0 Å². The second-order valence-corrected chi connectivity index (χ2v) is 4.72. The van der Waals surface area contributed by atoms with Gasteiger partial charge in [0, 0.05) is 12.6 Å². The van der Waals surface area contributed by atoms with Gasteiger partial charge in [0.05, 0.1) is 17.9 Å². The fraction of sp³-hybridized carbons (Fsp3) is 0.467. The van der Waals surface area contributed by atoms with Crippen LogP contribution in [0.25, 0.3) is 0 Å². The topological polar surface area (TPSA) is 93.5 Å². The van der Waals surface area contributed by atoms with E-state index in [9.17, 15) is 9.59 Å². The molecule has 116 valence electrons. The van der Waals surface area contributed by atoms with Gasteiger partial charge in [-0.3, -0.25) is 9.59 Å². The summed E-state index contributed by atoms with van der Waals surface area (Å²) < 4.78 is 5.06. The summed E-state index contributed by atoms with van der Waals surface area (Å²) in [6.45, 7) is 4.52. The molecule has 0 heterocycles. The maximum Gasteiger partial charge on any atom is 0.253 e. The number of hydrogen-bond donors (Lipinski definition) is 3. The Bertz CT molecular complexity index is 477. The second kappa shape index (κ2) is 9.10. The lowest BCUT2D eigenvalue weighted by Crippen LogP contribution is -2.32. The molecule has 0 aromatic heterocycles. The maximum atomic E-state index is 12.2. The van der Waals surface area contributed by atoms with Crippen LogP contribution in [0.15, 0.2) is 24.3 Å². The highest BCUT2D eigenvalue weighted by Crippen LogP contribution is 2.15. The number of ether oxygens (including phenoxy) is 1. The zero-order chi connectivity index (χ0) is 15.7. The van der Waals surface area contributed by atoms with E-state index in [4.69, 9.17) is 10.5 Å². The molecule has 1 aromatic carbocycles. The molecule has 0 saturated heterocycles. The van der Waals surface area contributed by atoms with Gasteiger partial charge in [-0.05, 0) is 25.5 Å². The molecule has 0 fully saturated rings. The van der Waals surface area contributed by atoms with Crippen LogP contribution in [0.1, 0.15) is 30.6 Å². The predicted molar refractivity (Wildman–Crippen MR) is 82.2 cm³/mol. The molecule has 6 heteroatoms. The normalized spacial score (nSPS) is 11.8. The molecule has 1 rings (SSSR count). The third-order valence-electron chi connectivity index (χ3n) is 2.93. The zero-order valence-corrected chi connectivity index (χ0v) is 12.5. The Labute approximate surface area is 125 Å². The third kappa shape index (κ3) is 5.93. The van der Waals surface area contributed by atoms with Crippen molar-refractivity contribution < 1.29 is 14.3 Å². The van der Waals surface area contributed by atoms with Gasteiger partial charge >= 0.3 is 0 Å². The highest BCUT2D eigenvalue weighted by Gasteiger charge is 2.14. The van der Waals surface area contributed by atoms with Crippen LogP contribution in [0.5, 0.6) is 0 Å². The van der Waals surface area contributed by atoms with Crippen molar-refractivity contribution in [1.29, 1.82) is 0 Å². The van der Waals surface area contributed by atoms with Gasteiger partial charge in [-0.1, -0.05) is 19.1 Å². The van der Waals surface area contributed by atoms with Crippen LogP contribution in [0, 0.1) is 0 Å². The van der Waals surface area contributed by atoms with Gasteiger partial charge in [0.2, 0.25) is 5.91 Å². The SMILES string of the molecule is CCC(C)NC(=O)c1ccccc1NC(=O)COCCN. The fourth-order valence-electron chi connectivity index (χ4n) is 1.63. The molecule has 0 spiro atoms. The Hall–Kier alpha value is -1.92. The van der Waals surface area contributed by atoms with E-state index in [2.05, 4.69) is 10.6 Å². The molecule has 0 aliphatic heterocycles. The van der Waals surface area contributed by atoms with Gasteiger partial charge in [-0.25, -0.2) is 0 Å². The van der Waals surface area contributed by atoms with E-state index in [1.807, 2.05) is 13.8 Å². The van der Waals surface area contributed by atoms with Crippen LogP contribution >= 0.6 is 0 Å². The summed E-state index contributed by atoms with van der Waals surface area (Å²) in [5.74, 6) is -0.518. The molecule has 21 heavy (non-hydrogen) atoms. The van der Waals surface area contributed by atoms with Crippen molar-refractivity contribution in [3.63, 3.8) is 0 Å². The van der Waals surface area contributed by atoms with Crippen LogP contribution in [0.2, 0.25) is 0 Å². The Kier molecular flexibility index (Phi) is 7.42. The molecular formula is C15H23N3O3. The molecule has 1 atom stereocenters. The molecule has 6 nitrogen and oxygen atoms in total. The van der Waals surface area contributed by atoms with Crippen LogP contribution in [-0.4, -0.2) is 37.6 Å². The minimum absolute atomic E-state index is 0.0779. The summed E-state index contributed by atoms with van der Waals surface area (Å²) in [5, 5.41) is 5.55. The number of carbonyl (C=O) groups is 2. The van der Waals surface area contributed by atoms with Crippen molar-refractivity contribution >= 4 is 17.5 Å².